The normalized spacial score (nSPS) is 11.5. The van der Waals surface area contributed by atoms with Crippen molar-refractivity contribution >= 4 is 31.6 Å². The molecular weight excluding hydrogens is 342 g/mol. The molecule has 3 rings (SSSR count). The zero-order valence-electron chi connectivity index (χ0n) is 12.8. The van der Waals surface area contributed by atoms with Crippen molar-refractivity contribution in [1.29, 1.82) is 5.26 Å². The Kier molecular flexibility index (Phi) is 4.90. The summed E-state index contributed by atoms with van der Waals surface area (Å²) in [5.41, 5.74) is 1.42. The fourth-order valence-electron chi connectivity index (χ4n) is 2.26. The molecule has 0 fully saturated rings. The molecule has 122 valence electrons. The topological polar surface area (TPSA) is 82.8 Å². The van der Waals surface area contributed by atoms with Gasteiger partial charge >= 0.3 is 0 Å². The number of fused-ring (bicyclic) bond motifs is 1. The Morgan fingerprint density at radius 3 is 2.58 bits per heavy atom. The van der Waals surface area contributed by atoms with E-state index in [1.165, 1.54) is 24.3 Å². The van der Waals surface area contributed by atoms with Crippen LogP contribution in [-0.2, 0) is 16.4 Å². The van der Waals surface area contributed by atoms with Crippen molar-refractivity contribution in [3.8, 4) is 6.07 Å². The van der Waals surface area contributed by atoms with E-state index in [-0.39, 0.29) is 4.90 Å². The largest absolute Gasteiger partial charge is 0.241 e. The van der Waals surface area contributed by atoms with Crippen LogP contribution in [0, 0.1) is 11.3 Å². The van der Waals surface area contributed by atoms with E-state index < -0.39 is 10.0 Å². The molecule has 2 aromatic carbocycles. The van der Waals surface area contributed by atoms with Crippen molar-refractivity contribution in [2.45, 2.75) is 17.7 Å². The molecule has 3 aromatic rings. The lowest BCUT2D eigenvalue weighted by molar-refractivity contribution is 0.579. The van der Waals surface area contributed by atoms with Crippen LogP contribution < -0.4 is 4.72 Å². The number of benzene rings is 2. The molecule has 0 unspecified atom stereocenters. The van der Waals surface area contributed by atoms with Crippen LogP contribution in [0.4, 0.5) is 0 Å². The Labute approximate surface area is 144 Å². The van der Waals surface area contributed by atoms with Gasteiger partial charge in [-0.15, -0.1) is 11.3 Å². The molecule has 5 nitrogen and oxygen atoms in total. The number of aromatic nitrogens is 1. The maximum Gasteiger partial charge on any atom is 0.240 e. The molecule has 1 aromatic heterocycles. The molecule has 7 heteroatoms. The van der Waals surface area contributed by atoms with Gasteiger partial charge in [-0.2, -0.15) is 5.26 Å². The van der Waals surface area contributed by atoms with Gasteiger partial charge in [-0.05, 0) is 42.8 Å². The Hall–Kier alpha value is -2.27. The fourth-order valence-corrected chi connectivity index (χ4v) is 4.35. The van der Waals surface area contributed by atoms with Gasteiger partial charge in [0.05, 0.1) is 31.8 Å². The van der Waals surface area contributed by atoms with E-state index >= 15 is 0 Å². The van der Waals surface area contributed by atoms with Gasteiger partial charge in [0.25, 0.3) is 0 Å². The first-order valence-corrected chi connectivity index (χ1v) is 9.73. The maximum absolute atomic E-state index is 12.2. The molecule has 0 saturated carbocycles. The van der Waals surface area contributed by atoms with Crippen molar-refractivity contribution in [2.75, 3.05) is 6.54 Å². The van der Waals surface area contributed by atoms with Gasteiger partial charge in [0, 0.05) is 13.0 Å². The predicted octanol–water partition coefficient (Wildman–Crippen LogP) is 3.08. The number of thiazole rings is 1. The molecule has 0 aliphatic heterocycles. The number of nitrogens with one attached hydrogen (secondary N) is 1. The monoisotopic (exact) mass is 357 g/mol. The van der Waals surface area contributed by atoms with E-state index in [0.29, 0.717) is 18.5 Å². The fraction of sp³-hybridized carbons (Fsp3) is 0.176. The van der Waals surface area contributed by atoms with Crippen molar-refractivity contribution in [2.24, 2.45) is 0 Å². The van der Waals surface area contributed by atoms with Crippen molar-refractivity contribution < 1.29 is 8.42 Å². The number of nitriles is 1. The van der Waals surface area contributed by atoms with E-state index in [1.54, 1.807) is 11.3 Å². The second kappa shape index (κ2) is 7.09. The lowest BCUT2D eigenvalue weighted by Gasteiger charge is -2.06. The lowest BCUT2D eigenvalue weighted by Crippen LogP contribution is -2.25. The van der Waals surface area contributed by atoms with Gasteiger partial charge in [0.1, 0.15) is 0 Å². The van der Waals surface area contributed by atoms with Crippen molar-refractivity contribution in [3.05, 3.63) is 59.1 Å². The van der Waals surface area contributed by atoms with Gasteiger partial charge in [0.2, 0.25) is 10.0 Å². The van der Waals surface area contributed by atoms with Crippen LogP contribution >= 0.6 is 11.3 Å². The average molecular weight is 357 g/mol. The second-order valence-corrected chi connectivity index (χ2v) is 8.09. The summed E-state index contributed by atoms with van der Waals surface area (Å²) in [7, 11) is -3.54. The molecule has 0 bridgehead atoms. The average Bonchev–Trinajstić information content (AvgIpc) is 3.01. The Morgan fingerprint density at radius 1 is 1.12 bits per heavy atom. The van der Waals surface area contributed by atoms with Crippen LogP contribution in [0.3, 0.4) is 0 Å². The maximum atomic E-state index is 12.2. The Morgan fingerprint density at radius 2 is 1.88 bits per heavy atom. The second-order valence-electron chi connectivity index (χ2n) is 5.21. The van der Waals surface area contributed by atoms with E-state index in [0.717, 1.165) is 21.6 Å². The third-order valence-electron chi connectivity index (χ3n) is 3.49. The molecule has 1 heterocycles. The highest BCUT2D eigenvalue weighted by Gasteiger charge is 2.13. The van der Waals surface area contributed by atoms with Crippen LogP contribution in [0.2, 0.25) is 0 Å². The summed E-state index contributed by atoms with van der Waals surface area (Å²) >= 11 is 1.64. The number of aryl methyl sites for hydroxylation is 1. The lowest BCUT2D eigenvalue weighted by atomic mass is 10.2. The summed E-state index contributed by atoms with van der Waals surface area (Å²) in [6.07, 6.45) is 1.41. The molecule has 24 heavy (non-hydrogen) atoms. The molecule has 0 spiro atoms. The quantitative estimate of drug-likeness (QED) is 0.687. The molecule has 0 aliphatic rings. The number of sulfonamides is 1. The smallest absolute Gasteiger partial charge is 0.240 e. The molecule has 0 amide bonds. The first-order valence-electron chi connectivity index (χ1n) is 7.43. The van der Waals surface area contributed by atoms with E-state index in [1.807, 2.05) is 30.3 Å². The number of rotatable bonds is 6. The number of nitrogens with zero attached hydrogens (tertiary/aromatic N) is 2. The molecule has 0 atom stereocenters. The summed E-state index contributed by atoms with van der Waals surface area (Å²) in [4.78, 5) is 4.70. The van der Waals surface area contributed by atoms with Crippen LogP contribution in [0.5, 0.6) is 0 Å². The third-order valence-corrected chi connectivity index (χ3v) is 6.06. The van der Waals surface area contributed by atoms with E-state index in [2.05, 4.69) is 9.71 Å². The van der Waals surface area contributed by atoms with Gasteiger partial charge < -0.3 is 0 Å². The highest BCUT2D eigenvalue weighted by atomic mass is 32.2. The zero-order valence-corrected chi connectivity index (χ0v) is 14.4. The SMILES string of the molecule is N#Cc1ccc(S(=O)(=O)NCCCc2nc3ccccc3s2)cc1. The highest BCUT2D eigenvalue weighted by Crippen LogP contribution is 2.22. The van der Waals surface area contributed by atoms with E-state index in [4.69, 9.17) is 5.26 Å². The predicted molar refractivity (Wildman–Crippen MR) is 94.3 cm³/mol. The van der Waals surface area contributed by atoms with Crippen LogP contribution in [0.15, 0.2) is 53.4 Å². The van der Waals surface area contributed by atoms with Crippen molar-refractivity contribution in [3.63, 3.8) is 0 Å². The zero-order chi connectivity index (χ0) is 17.0. The van der Waals surface area contributed by atoms with Crippen LogP contribution in [-0.4, -0.2) is 19.9 Å². The number of hydrogen-bond donors (Lipinski definition) is 1. The minimum Gasteiger partial charge on any atom is -0.241 e. The van der Waals surface area contributed by atoms with E-state index in [9.17, 15) is 8.42 Å². The summed E-state index contributed by atoms with van der Waals surface area (Å²) < 4.78 is 28.1. The summed E-state index contributed by atoms with van der Waals surface area (Å²) in [5, 5.41) is 9.75. The first-order chi connectivity index (χ1) is 11.6. The number of hydrogen-bond acceptors (Lipinski definition) is 5. The van der Waals surface area contributed by atoms with Crippen LogP contribution in [0.1, 0.15) is 17.0 Å². The van der Waals surface area contributed by atoms with Gasteiger partial charge in [0.15, 0.2) is 0 Å². The molecule has 0 radical (unpaired) electrons. The highest BCUT2D eigenvalue weighted by molar-refractivity contribution is 7.89. The van der Waals surface area contributed by atoms with Crippen molar-refractivity contribution in [1.82, 2.24) is 9.71 Å². The van der Waals surface area contributed by atoms with Crippen LogP contribution in [0.25, 0.3) is 10.2 Å². The first kappa shape index (κ1) is 16.6. The third kappa shape index (κ3) is 3.79. The number of para-hydroxylation sites is 1. The summed E-state index contributed by atoms with van der Waals surface area (Å²) in [6, 6.07) is 15.8. The molecule has 0 saturated heterocycles. The van der Waals surface area contributed by atoms with Gasteiger partial charge in [-0.25, -0.2) is 18.1 Å². The minimum absolute atomic E-state index is 0.168. The Balaban J connectivity index is 1.56. The standard InChI is InChI=1S/C17H15N3O2S2/c18-12-13-7-9-14(10-8-13)24(21,22)19-11-3-6-17-20-15-4-1-2-5-16(15)23-17/h1-2,4-5,7-10,19H,3,6,11H2. The van der Waals surface area contributed by atoms with Gasteiger partial charge in [-0.3, -0.25) is 0 Å². The minimum atomic E-state index is -3.54. The molecule has 1 N–H and O–H groups in total. The Bertz CT molecular complexity index is 954. The molecule has 0 aliphatic carbocycles. The molecular formula is C17H15N3O2S2. The van der Waals surface area contributed by atoms with Gasteiger partial charge in [-0.1, -0.05) is 12.1 Å². The summed E-state index contributed by atoms with van der Waals surface area (Å²) in [5.74, 6) is 0. The summed E-state index contributed by atoms with van der Waals surface area (Å²) in [6.45, 7) is 0.345.